The van der Waals surface area contributed by atoms with E-state index in [-0.39, 0.29) is 24.3 Å². The highest BCUT2D eigenvalue weighted by atomic mass is 16.2. The fourth-order valence-electron chi connectivity index (χ4n) is 2.95. The zero-order valence-electron chi connectivity index (χ0n) is 15.3. The summed E-state index contributed by atoms with van der Waals surface area (Å²) in [5.41, 5.74) is 3.40. The molecule has 0 spiro atoms. The third kappa shape index (κ3) is 3.87. The monoisotopic (exact) mass is 360 g/mol. The lowest BCUT2D eigenvalue weighted by Gasteiger charge is -2.23. The third-order valence-electron chi connectivity index (χ3n) is 4.60. The number of aromatic nitrogens is 2. The number of fused-ring (bicyclic) bond motifs is 1. The maximum absolute atomic E-state index is 13.0. The van der Waals surface area contributed by atoms with Gasteiger partial charge >= 0.3 is 0 Å². The predicted molar refractivity (Wildman–Crippen MR) is 105 cm³/mol. The standard InChI is InChI=1S/C21H20N4O2/c1-15-8-9-17(12-16(15)2)24(11-5-10-22)21(27)14-25-19-7-4-3-6-18(19)20(26)13-23-25/h3-4,6-9,12-13H,5,11,14H2,1-2H3. The van der Waals surface area contributed by atoms with Crippen molar-refractivity contribution in [1.29, 1.82) is 5.26 Å². The van der Waals surface area contributed by atoms with E-state index in [4.69, 9.17) is 5.26 Å². The molecule has 3 rings (SSSR count). The number of hydrogen-bond donors (Lipinski definition) is 0. The Morgan fingerprint density at radius 2 is 1.96 bits per heavy atom. The van der Waals surface area contributed by atoms with Crippen molar-refractivity contribution in [2.45, 2.75) is 26.8 Å². The molecule has 0 aliphatic carbocycles. The molecule has 6 nitrogen and oxygen atoms in total. The van der Waals surface area contributed by atoms with Crippen LogP contribution in [0.2, 0.25) is 0 Å². The molecule has 1 amide bonds. The van der Waals surface area contributed by atoms with Crippen LogP contribution in [-0.4, -0.2) is 22.2 Å². The molecular weight excluding hydrogens is 340 g/mol. The van der Waals surface area contributed by atoms with Gasteiger partial charge in [-0.15, -0.1) is 0 Å². The highest BCUT2D eigenvalue weighted by molar-refractivity contribution is 5.94. The van der Waals surface area contributed by atoms with Crippen LogP contribution in [0, 0.1) is 25.2 Å². The Morgan fingerprint density at radius 1 is 1.19 bits per heavy atom. The van der Waals surface area contributed by atoms with Crippen LogP contribution in [0.3, 0.4) is 0 Å². The number of carbonyl (C=O) groups is 1. The SMILES string of the molecule is Cc1ccc(N(CCC#N)C(=O)Cn2ncc(=O)c3ccccc32)cc1C. The highest BCUT2D eigenvalue weighted by Gasteiger charge is 2.18. The van der Waals surface area contributed by atoms with E-state index in [1.807, 2.05) is 32.0 Å². The van der Waals surface area contributed by atoms with E-state index in [2.05, 4.69) is 11.2 Å². The van der Waals surface area contributed by atoms with Crippen LogP contribution in [0.15, 0.2) is 53.5 Å². The quantitative estimate of drug-likeness (QED) is 0.701. The molecule has 0 aliphatic heterocycles. The lowest BCUT2D eigenvalue weighted by atomic mass is 10.1. The Hall–Kier alpha value is -3.46. The van der Waals surface area contributed by atoms with Gasteiger partial charge in [-0.05, 0) is 49.2 Å². The van der Waals surface area contributed by atoms with Gasteiger partial charge in [0.2, 0.25) is 11.3 Å². The number of amides is 1. The van der Waals surface area contributed by atoms with E-state index in [1.165, 1.54) is 10.9 Å². The first-order valence-electron chi connectivity index (χ1n) is 8.70. The Morgan fingerprint density at radius 3 is 2.70 bits per heavy atom. The summed E-state index contributed by atoms with van der Waals surface area (Å²) in [6.45, 7) is 4.29. The lowest BCUT2D eigenvalue weighted by molar-refractivity contribution is -0.119. The molecule has 1 aromatic heterocycles. The molecule has 0 bridgehead atoms. The van der Waals surface area contributed by atoms with Gasteiger partial charge in [-0.3, -0.25) is 14.3 Å². The topological polar surface area (TPSA) is 79.0 Å². The van der Waals surface area contributed by atoms with Gasteiger partial charge in [0, 0.05) is 17.6 Å². The number of anilines is 1. The van der Waals surface area contributed by atoms with Crippen LogP contribution in [-0.2, 0) is 11.3 Å². The van der Waals surface area contributed by atoms with Crippen LogP contribution in [0.1, 0.15) is 17.5 Å². The summed E-state index contributed by atoms with van der Waals surface area (Å²) in [6, 6.07) is 15.0. The Kier molecular flexibility index (Phi) is 5.32. The lowest BCUT2D eigenvalue weighted by Crippen LogP contribution is -2.35. The summed E-state index contributed by atoms with van der Waals surface area (Å²) >= 11 is 0. The fourth-order valence-corrected chi connectivity index (χ4v) is 2.95. The Labute approximate surface area is 157 Å². The molecule has 2 aromatic carbocycles. The molecule has 136 valence electrons. The van der Waals surface area contributed by atoms with Crippen LogP contribution in [0.5, 0.6) is 0 Å². The number of nitriles is 1. The molecule has 3 aromatic rings. The maximum atomic E-state index is 13.0. The van der Waals surface area contributed by atoms with E-state index >= 15 is 0 Å². The maximum Gasteiger partial charge on any atom is 0.248 e. The van der Waals surface area contributed by atoms with E-state index in [0.29, 0.717) is 17.4 Å². The van der Waals surface area contributed by atoms with Crippen LogP contribution < -0.4 is 10.3 Å². The molecule has 0 fully saturated rings. The molecular formula is C21H20N4O2. The number of benzene rings is 2. The second-order valence-corrected chi connectivity index (χ2v) is 6.41. The molecule has 0 unspecified atom stereocenters. The van der Waals surface area contributed by atoms with Crippen molar-refractivity contribution in [3.63, 3.8) is 0 Å². The third-order valence-corrected chi connectivity index (χ3v) is 4.60. The van der Waals surface area contributed by atoms with Gasteiger partial charge in [0.05, 0.1) is 24.2 Å². The second kappa shape index (κ2) is 7.83. The average Bonchev–Trinajstić information content (AvgIpc) is 2.67. The van der Waals surface area contributed by atoms with Gasteiger partial charge in [0.15, 0.2) is 0 Å². The Bertz CT molecular complexity index is 1100. The summed E-state index contributed by atoms with van der Waals surface area (Å²) in [4.78, 5) is 26.6. The van der Waals surface area contributed by atoms with E-state index in [1.54, 1.807) is 29.2 Å². The van der Waals surface area contributed by atoms with Crippen LogP contribution in [0.25, 0.3) is 10.9 Å². The first-order valence-corrected chi connectivity index (χ1v) is 8.70. The molecule has 0 saturated heterocycles. The normalized spacial score (nSPS) is 10.6. The van der Waals surface area contributed by atoms with Gasteiger partial charge < -0.3 is 4.90 Å². The van der Waals surface area contributed by atoms with Crippen LogP contribution in [0.4, 0.5) is 5.69 Å². The van der Waals surface area contributed by atoms with Crippen molar-refractivity contribution >= 4 is 22.5 Å². The Balaban J connectivity index is 1.96. The largest absolute Gasteiger partial charge is 0.310 e. The number of nitrogens with zero attached hydrogens (tertiary/aromatic N) is 4. The van der Waals surface area contributed by atoms with Gasteiger partial charge in [-0.1, -0.05) is 18.2 Å². The predicted octanol–water partition coefficient (Wildman–Crippen LogP) is 2.96. The molecule has 1 heterocycles. The molecule has 0 N–H and O–H groups in total. The van der Waals surface area contributed by atoms with Gasteiger partial charge in [-0.2, -0.15) is 10.4 Å². The van der Waals surface area contributed by atoms with Crippen molar-refractivity contribution in [3.05, 3.63) is 70.0 Å². The summed E-state index contributed by atoms with van der Waals surface area (Å²) in [5.74, 6) is -0.185. The number of aryl methyl sites for hydroxylation is 2. The zero-order chi connectivity index (χ0) is 19.4. The summed E-state index contributed by atoms with van der Waals surface area (Å²) in [7, 11) is 0. The van der Waals surface area contributed by atoms with E-state index in [0.717, 1.165) is 16.8 Å². The molecule has 27 heavy (non-hydrogen) atoms. The number of para-hydroxylation sites is 1. The second-order valence-electron chi connectivity index (χ2n) is 6.41. The van der Waals surface area contributed by atoms with Gasteiger partial charge in [0.25, 0.3) is 0 Å². The van der Waals surface area contributed by atoms with Crippen molar-refractivity contribution in [3.8, 4) is 6.07 Å². The zero-order valence-corrected chi connectivity index (χ0v) is 15.3. The minimum Gasteiger partial charge on any atom is -0.310 e. The number of carbonyl (C=O) groups excluding carboxylic acids is 1. The van der Waals surface area contributed by atoms with Crippen molar-refractivity contribution in [2.24, 2.45) is 0 Å². The molecule has 0 aliphatic rings. The fraction of sp³-hybridized carbons (Fsp3) is 0.238. The van der Waals surface area contributed by atoms with Crippen molar-refractivity contribution in [2.75, 3.05) is 11.4 Å². The first-order chi connectivity index (χ1) is 13.0. The first kappa shape index (κ1) is 18.3. The minimum atomic E-state index is -0.185. The summed E-state index contributed by atoms with van der Waals surface area (Å²) in [5, 5.41) is 13.6. The van der Waals surface area contributed by atoms with Crippen molar-refractivity contribution < 1.29 is 4.79 Å². The smallest absolute Gasteiger partial charge is 0.248 e. The average molecular weight is 360 g/mol. The van der Waals surface area contributed by atoms with E-state index < -0.39 is 0 Å². The van der Waals surface area contributed by atoms with Crippen LogP contribution >= 0.6 is 0 Å². The number of hydrogen-bond acceptors (Lipinski definition) is 4. The van der Waals surface area contributed by atoms with Gasteiger partial charge in [-0.25, -0.2) is 0 Å². The number of rotatable bonds is 5. The molecule has 6 heteroatoms. The molecule has 0 saturated carbocycles. The van der Waals surface area contributed by atoms with Gasteiger partial charge in [0.1, 0.15) is 6.54 Å². The summed E-state index contributed by atoms with van der Waals surface area (Å²) in [6.07, 6.45) is 1.46. The summed E-state index contributed by atoms with van der Waals surface area (Å²) < 4.78 is 1.53. The molecule has 0 radical (unpaired) electrons. The van der Waals surface area contributed by atoms with E-state index in [9.17, 15) is 9.59 Å². The molecule has 0 atom stereocenters. The van der Waals surface area contributed by atoms with Crippen molar-refractivity contribution in [1.82, 2.24) is 9.78 Å². The highest BCUT2D eigenvalue weighted by Crippen LogP contribution is 2.20. The minimum absolute atomic E-state index is 0.0147.